The van der Waals surface area contributed by atoms with Crippen molar-refractivity contribution in [1.82, 2.24) is 9.80 Å². The van der Waals surface area contributed by atoms with Crippen LogP contribution in [0, 0.1) is 0 Å². The molecule has 4 heteroatoms. The molecule has 0 radical (unpaired) electrons. The number of nitrogens with zero attached hydrogens (tertiary/aromatic N) is 2. The summed E-state index contributed by atoms with van der Waals surface area (Å²) in [5.41, 5.74) is 0. The Bertz CT molecular complexity index is 285. The van der Waals surface area contributed by atoms with Crippen molar-refractivity contribution < 1.29 is 4.21 Å². The highest BCUT2D eigenvalue weighted by molar-refractivity contribution is 7.84. The van der Waals surface area contributed by atoms with E-state index in [0.717, 1.165) is 12.6 Å². The highest BCUT2D eigenvalue weighted by Crippen LogP contribution is 2.24. The van der Waals surface area contributed by atoms with Gasteiger partial charge in [0.15, 0.2) is 0 Å². The lowest BCUT2D eigenvalue weighted by Gasteiger charge is -2.48. The molecular weight excluding hydrogens is 232 g/mol. The normalized spacial score (nSPS) is 35.2. The third-order valence-corrected chi connectivity index (χ3v) is 5.66. The Kier molecular flexibility index (Phi) is 4.61. The molecule has 0 aromatic heterocycles. The Morgan fingerprint density at radius 2 is 2.12 bits per heavy atom. The number of piperazine rings is 1. The van der Waals surface area contributed by atoms with Gasteiger partial charge in [-0.25, -0.2) is 0 Å². The SMILES string of the molecule is CC1CN2CCCCC2CN1CC(C)S(C)=O. The van der Waals surface area contributed by atoms with Crippen LogP contribution < -0.4 is 0 Å². The van der Waals surface area contributed by atoms with E-state index in [2.05, 4.69) is 23.6 Å². The van der Waals surface area contributed by atoms with Gasteiger partial charge in [0.25, 0.3) is 0 Å². The van der Waals surface area contributed by atoms with E-state index >= 15 is 0 Å². The molecule has 0 bridgehead atoms. The molecule has 100 valence electrons. The number of rotatable bonds is 3. The Labute approximate surface area is 108 Å². The second-order valence-corrected chi connectivity index (χ2v) is 7.56. The van der Waals surface area contributed by atoms with E-state index in [1.807, 2.05) is 6.26 Å². The molecule has 2 aliphatic heterocycles. The van der Waals surface area contributed by atoms with Crippen LogP contribution in [0.15, 0.2) is 0 Å². The van der Waals surface area contributed by atoms with Crippen LogP contribution in [0.1, 0.15) is 33.1 Å². The third kappa shape index (κ3) is 3.30. The van der Waals surface area contributed by atoms with Crippen LogP contribution in [-0.2, 0) is 10.8 Å². The zero-order chi connectivity index (χ0) is 12.4. The molecule has 2 heterocycles. The van der Waals surface area contributed by atoms with Gasteiger partial charge in [0.05, 0.1) is 0 Å². The van der Waals surface area contributed by atoms with Crippen LogP contribution in [0.25, 0.3) is 0 Å². The molecular formula is C13H26N2OS. The van der Waals surface area contributed by atoms with Gasteiger partial charge in [-0.05, 0) is 33.2 Å². The smallest absolute Gasteiger partial charge is 0.0444 e. The van der Waals surface area contributed by atoms with Crippen LogP contribution in [0.2, 0.25) is 0 Å². The highest BCUT2D eigenvalue weighted by Gasteiger charge is 2.33. The lowest BCUT2D eigenvalue weighted by molar-refractivity contribution is 0.0161. The summed E-state index contributed by atoms with van der Waals surface area (Å²) in [7, 11) is -0.692. The van der Waals surface area contributed by atoms with Gasteiger partial charge in [-0.2, -0.15) is 0 Å². The van der Waals surface area contributed by atoms with Crippen molar-refractivity contribution in [2.75, 3.05) is 32.4 Å². The van der Waals surface area contributed by atoms with Crippen LogP contribution >= 0.6 is 0 Å². The van der Waals surface area contributed by atoms with Crippen LogP contribution in [0.3, 0.4) is 0 Å². The topological polar surface area (TPSA) is 23.6 Å². The quantitative estimate of drug-likeness (QED) is 0.762. The minimum absolute atomic E-state index is 0.299. The summed E-state index contributed by atoms with van der Waals surface area (Å²) in [6, 6.07) is 1.38. The molecule has 2 aliphatic rings. The lowest BCUT2D eigenvalue weighted by atomic mass is 9.97. The fourth-order valence-corrected chi connectivity index (χ4v) is 3.50. The van der Waals surface area contributed by atoms with Gasteiger partial charge in [0.1, 0.15) is 0 Å². The molecule has 0 N–H and O–H groups in total. The highest BCUT2D eigenvalue weighted by atomic mass is 32.2. The summed E-state index contributed by atoms with van der Waals surface area (Å²) in [6.45, 7) is 9.09. The molecule has 0 aromatic carbocycles. The van der Waals surface area contributed by atoms with E-state index in [9.17, 15) is 4.21 Å². The van der Waals surface area contributed by atoms with Crippen molar-refractivity contribution >= 4 is 10.8 Å². The third-order valence-electron chi connectivity index (χ3n) is 4.37. The Balaban J connectivity index is 1.92. The summed E-state index contributed by atoms with van der Waals surface area (Å²) in [5.74, 6) is 0. The number of hydrogen-bond donors (Lipinski definition) is 0. The van der Waals surface area contributed by atoms with Crippen molar-refractivity contribution in [3.05, 3.63) is 0 Å². The van der Waals surface area contributed by atoms with Crippen LogP contribution in [-0.4, -0.2) is 63.8 Å². The van der Waals surface area contributed by atoms with E-state index in [0.29, 0.717) is 11.3 Å². The van der Waals surface area contributed by atoms with Crippen molar-refractivity contribution in [2.24, 2.45) is 0 Å². The predicted octanol–water partition coefficient (Wildman–Crippen LogP) is 1.31. The van der Waals surface area contributed by atoms with Crippen molar-refractivity contribution in [3.63, 3.8) is 0 Å². The Hall–Kier alpha value is 0.0700. The van der Waals surface area contributed by atoms with Crippen molar-refractivity contribution in [2.45, 2.75) is 50.4 Å². The summed E-state index contributed by atoms with van der Waals surface area (Å²) in [6.07, 6.45) is 5.94. The van der Waals surface area contributed by atoms with Gasteiger partial charge >= 0.3 is 0 Å². The van der Waals surface area contributed by atoms with Gasteiger partial charge in [-0.3, -0.25) is 14.0 Å². The minimum atomic E-state index is -0.692. The zero-order valence-electron chi connectivity index (χ0n) is 11.4. The van der Waals surface area contributed by atoms with E-state index in [1.165, 1.54) is 38.9 Å². The largest absolute Gasteiger partial charge is 0.298 e. The van der Waals surface area contributed by atoms with Gasteiger partial charge in [-0.1, -0.05) is 6.42 Å². The number of fused-ring (bicyclic) bond motifs is 1. The molecule has 2 rings (SSSR count). The first-order chi connectivity index (χ1) is 8.08. The standard InChI is InChI=1S/C13H26N2OS/c1-11-8-14-7-5-4-6-13(14)10-15(11)9-12(2)17(3)16/h11-13H,4-10H2,1-3H3. The first-order valence-corrected chi connectivity index (χ1v) is 8.50. The molecule has 17 heavy (non-hydrogen) atoms. The van der Waals surface area contributed by atoms with Crippen molar-refractivity contribution in [3.8, 4) is 0 Å². The Morgan fingerprint density at radius 3 is 2.82 bits per heavy atom. The first-order valence-electron chi connectivity index (χ1n) is 6.88. The molecule has 0 aromatic rings. The number of hydrogen-bond acceptors (Lipinski definition) is 3. The second kappa shape index (κ2) is 5.81. The fourth-order valence-electron chi connectivity index (χ4n) is 3.10. The summed E-state index contributed by atoms with van der Waals surface area (Å²) < 4.78 is 11.5. The maximum Gasteiger partial charge on any atom is 0.0444 e. The molecule has 2 saturated heterocycles. The van der Waals surface area contributed by atoms with E-state index in [1.54, 1.807) is 0 Å². The Morgan fingerprint density at radius 1 is 1.35 bits per heavy atom. The van der Waals surface area contributed by atoms with E-state index in [-0.39, 0.29) is 0 Å². The van der Waals surface area contributed by atoms with Gasteiger partial charge in [-0.15, -0.1) is 0 Å². The molecule has 4 unspecified atom stereocenters. The monoisotopic (exact) mass is 258 g/mol. The average molecular weight is 258 g/mol. The number of piperidine rings is 1. The van der Waals surface area contributed by atoms with Gasteiger partial charge in [0, 0.05) is 54.0 Å². The predicted molar refractivity (Wildman–Crippen MR) is 73.8 cm³/mol. The molecule has 4 atom stereocenters. The zero-order valence-corrected chi connectivity index (χ0v) is 12.2. The van der Waals surface area contributed by atoms with Crippen LogP contribution in [0.5, 0.6) is 0 Å². The lowest BCUT2D eigenvalue weighted by Crippen LogP contribution is -2.59. The van der Waals surface area contributed by atoms with E-state index in [4.69, 9.17) is 0 Å². The average Bonchev–Trinajstić information content (AvgIpc) is 2.29. The van der Waals surface area contributed by atoms with E-state index < -0.39 is 10.8 Å². The minimum Gasteiger partial charge on any atom is -0.298 e. The molecule has 0 amide bonds. The summed E-state index contributed by atoms with van der Waals surface area (Å²) in [5, 5.41) is 0.299. The molecule has 0 spiro atoms. The molecule has 0 aliphatic carbocycles. The van der Waals surface area contributed by atoms with Gasteiger partial charge in [0.2, 0.25) is 0 Å². The van der Waals surface area contributed by atoms with Crippen molar-refractivity contribution in [1.29, 1.82) is 0 Å². The maximum absolute atomic E-state index is 11.5. The molecule has 0 saturated carbocycles. The first kappa shape index (κ1) is 13.5. The second-order valence-electron chi connectivity index (χ2n) is 5.76. The van der Waals surface area contributed by atoms with Gasteiger partial charge < -0.3 is 0 Å². The molecule has 2 fully saturated rings. The maximum atomic E-state index is 11.5. The molecule has 3 nitrogen and oxygen atoms in total. The summed E-state index contributed by atoms with van der Waals surface area (Å²) >= 11 is 0. The fraction of sp³-hybridized carbons (Fsp3) is 1.00. The van der Waals surface area contributed by atoms with Crippen LogP contribution in [0.4, 0.5) is 0 Å². The summed E-state index contributed by atoms with van der Waals surface area (Å²) in [4.78, 5) is 5.22.